The fourth-order valence-corrected chi connectivity index (χ4v) is 3.89. The van der Waals surface area contributed by atoms with Crippen LogP contribution in [0.3, 0.4) is 0 Å². The lowest BCUT2D eigenvalue weighted by Gasteiger charge is -2.33. The first-order chi connectivity index (χ1) is 14.9. The third-order valence-electron chi connectivity index (χ3n) is 5.50. The molecule has 0 amide bonds. The highest BCUT2D eigenvalue weighted by Crippen LogP contribution is 2.43. The second-order valence-corrected chi connectivity index (χ2v) is 7.89. The summed E-state index contributed by atoms with van der Waals surface area (Å²) in [6, 6.07) is 20.0. The summed E-state index contributed by atoms with van der Waals surface area (Å²) in [7, 11) is 3.23. The molecule has 4 rings (SSSR count). The van der Waals surface area contributed by atoms with Crippen molar-refractivity contribution in [2.75, 3.05) is 14.2 Å². The maximum Gasteiger partial charge on any atom is 0.156 e. The highest BCUT2D eigenvalue weighted by molar-refractivity contribution is 6.30. The summed E-state index contributed by atoms with van der Waals surface area (Å²) >= 11 is 6.13. The lowest BCUT2D eigenvalue weighted by atomic mass is 9.90. The third-order valence-corrected chi connectivity index (χ3v) is 5.73. The standard InChI is InChI=1S/C25H23ClFNO3/c1-25(18-7-5-4-6-8-18)15-24(21-13-19(26)10-12-22(21)27)31-28(25)16-17-9-11-20(29-2)14-23(17)30-3/h4-15H,16H2,1-3H3. The van der Waals surface area contributed by atoms with Crippen LogP contribution in [0, 0.1) is 5.82 Å². The zero-order valence-electron chi connectivity index (χ0n) is 17.6. The van der Waals surface area contributed by atoms with Crippen LogP contribution in [0.4, 0.5) is 4.39 Å². The average molecular weight is 440 g/mol. The molecular weight excluding hydrogens is 417 g/mol. The first kappa shape index (κ1) is 21.2. The summed E-state index contributed by atoms with van der Waals surface area (Å²) < 4.78 is 25.5. The van der Waals surface area contributed by atoms with Crippen LogP contribution in [0.25, 0.3) is 5.76 Å². The minimum Gasteiger partial charge on any atom is -0.497 e. The van der Waals surface area contributed by atoms with Gasteiger partial charge < -0.3 is 14.3 Å². The number of rotatable bonds is 6. The molecule has 3 aromatic rings. The number of ether oxygens (including phenoxy) is 2. The van der Waals surface area contributed by atoms with Gasteiger partial charge in [0.15, 0.2) is 5.76 Å². The quantitative estimate of drug-likeness (QED) is 0.457. The zero-order valence-corrected chi connectivity index (χ0v) is 18.3. The van der Waals surface area contributed by atoms with E-state index in [1.165, 1.54) is 12.1 Å². The number of halogens is 2. The van der Waals surface area contributed by atoms with Crippen LogP contribution >= 0.6 is 11.6 Å². The predicted molar refractivity (Wildman–Crippen MR) is 119 cm³/mol. The Morgan fingerprint density at radius 2 is 1.77 bits per heavy atom. The van der Waals surface area contributed by atoms with Gasteiger partial charge >= 0.3 is 0 Å². The minimum absolute atomic E-state index is 0.318. The Morgan fingerprint density at radius 1 is 1.00 bits per heavy atom. The molecule has 1 aliphatic heterocycles. The molecule has 1 aliphatic rings. The largest absolute Gasteiger partial charge is 0.497 e. The maximum atomic E-state index is 14.6. The molecule has 1 heterocycles. The van der Waals surface area contributed by atoms with E-state index in [0.29, 0.717) is 34.4 Å². The van der Waals surface area contributed by atoms with Crippen molar-refractivity contribution >= 4 is 17.4 Å². The SMILES string of the molecule is COc1ccc(CN2OC(c3cc(Cl)ccc3F)=CC2(C)c2ccccc2)c(OC)c1. The fourth-order valence-electron chi connectivity index (χ4n) is 3.72. The lowest BCUT2D eigenvalue weighted by molar-refractivity contribution is -0.138. The second-order valence-electron chi connectivity index (χ2n) is 7.45. The number of benzene rings is 3. The molecule has 0 N–H and O–H groups in total. The van der Waals surface area contributed by atoms with Crippen LogP contribution < -0.4 is 9.47 Å². The van der Waals surface area contributed by atoms with Gasteiger partial charge in [-0.25, -0.2) is 4.39 Å². The number of methoxy groups -OCH3 is 2. The summed E-state index contributed by atoms with van der Waals surface area (Å²) in [5.41, 5.74) is 1.60. The molecule has 160 valence electrons. The van der Waals surface area contributed by atoms with Crippen molar-refractivity contribution in [1.82, 2.24) is 5.06 Å². The highest BCUT2D eigenvalue weighted by atomic mass is 35.5. The Bertz CT molecular complexity index is 1120. The monoisotopic (exact) mass is 439 g/mol. The molecule has 0 aromatic heterocycles. The molecule has 6 heteroatoms. The summed E-state index contributed by atoms with van der Waals surface area (Å²) in [6.45, 7) is 2.44. The minimum atomic E-state index is -0.643. The van der Waals surface area contributed by atoms with Crippen molar-refractivity contribution in [3.05, 3.63) is 100 Å². The van der Waals surface area contributed by atoms with Gasteiger partial charge in [0.1, 0.15) is 22.9 Å². The maximum absolute atomic E-state index is 14.6. The van der Waals surface area contributed by atoms with Crippen LogP contribution in [0.5, 0.6) is 11.5 Å². The molecule has 0 spiro atoms. The molecule has 3 aromatic carbocycles. The van der Waals surface area contributed by atoms with Gasteiger partial charge in [-0.2, -0.15) is 0 Å². The second kappa shape index (κ2) is 8.61. The van der Waals surface area contributed by atoms with Gasteiger partial charge in [0.2, 0.25) is 0 Å². The summed E-state index contributed by atoms with van der Waals surface area (Å²) in [5, 5.41) is 2.26. The van der Waals surface area contributed by atoms with E-state index >= 15 is 0 Å². The number of hydroxylamine groups is 2. The molecule has 0 bridgehead atoms. The van der Waals surface area contributed by atoms with Gasteiger partial charge in [0, 0.05) is 16.7 Å². The Balaban J connectivity index is 1.76. The van der Waals surface area contributed by atoms with Gasteiger partial charge in [-0.1, -0.05) is 48.0 Å². The van der Waals surface area contributed by atoms with Crippen LogP contribution in [-0.4, -0.2) is 19.3 Å². The highest BCUT2D eigenvalue weighted by Gasteiger charge is 2.41. The number of hydrogen-bond donors (Lipinski definition) is 0. The van der Waals surface area contributed by atoms with Crippen molar-refractivity contribution in [3.8, 4) is 11.5 Å². The first-order valence-corrected chi connectivity index (χ1v) is 10.2. The summed E-state index contributed by atoms with van der Waals surface area (Å²) in [5.74, 6) is 1.41. The molecule has 0 radical (unpaired) electrons. The average Bonchev–Trinajstić information content (AvgIpc) is 3.13. The molecule has 0 aliphatic carbocycles. The van der Waals surface area contributed by atoms with Crippen molar-refractivity contribution in [2.45, 2.75) is 19.0 Å². The molecule has 0 saturated carbocycles. The Hall–Kier alpha value is -3.02. The van der Waals surface area contributed by atoms with E-state index in [-0.39, 0.29) is 0 Å². The molecule has 1 unspecified atom stereocenters. The van der Waals surface area contributed by atoms with Gasteiger partial charge in [0.05, 0.1) is 26.3 Å². The van der Waals surface area contributed by atoms with Crippen LogP contribution in [0.1, 0.15) is 23.6 Å². The third kappa shape index (κ3) is 4.11. The van der Waals surface area contributed by atoms with Crippen molar-refractivity contribution in [3.63, 3.8) is 0 Å². The van der Waals surface area contributed by atoms with Crippen molar-refractivity contribution < 1.29 is 18.7 Å². The first-order valence-electron chi connectivity index (χ1n) is 9.85. The van der Waals surface area contributed by atoms with Gasteiger partial charge in [-0.05, 0) is 42.8 Å². The van der Waals surface area contributed by atoms with E-state index in [1.54, 1.807) is 20.3 Å². The van der Waals surface area contributed by atoms with E-state index in [1.807, 2.05) is 66.6 Å². The topological polar surface area (TPSA) is 30.9 Å². The Kier molecular flexibility index (Phi) is 5.90. The molecule has 31 heavy (non-hydrogen) atoms. The summed E-state index contributed by atoms with van der Waals surface area (Å²) in [6.07, 6.45) is 1.92. The van der Waals surface area contributed by atoms with Gasteiger partial charge in [0.25, 0.3) is 0 Å². The zero-order chi connectivity index (χ0) is 22.0. The van der Waals surface area contributed by atoms with Crippen molar-refractivity contribution in [1.29, 1.82) is 0 Å². The van der Waals surface area contributed by atoms with Crippen LogP contribution in [0.2, 0.25) is 5.02 Å². The predicted octanol–water partition coefficient (Wildman–Crippen LogP) is 6.20. The van der Waals surface area contributed by atoms with Crippen molar-refractivity contribution in [2.24, 2.45) is 0 Å². The van der Waals surface area contributed by atoms with Gasteiger partial charge in [-0.3, -0.25) is 0 Å². The molecule has 4 nitrogen and oxygen atoms in total. The van der Waals surface area contributed by atoms with E-state index in [2.05, 4.69) is 0 Å². The van der Waals surface area contributed by atoms with Crippen LogP contribution in [-0.2, 0) is 16.9 Å². The Morgan fingerprint density at radius 3 is 2.48 bits per heavy atom. The number of hydrogen-bond acceptors (Lipinski definition) is 4. The molecule has 0 saturated heterocycles. The molecule has 0 fully saturated rings. The van der Waals surface area contributed by atoms with E-state index < -0.39 is 11.4 Å². The molecular formula is C25H23ClFNO3. The lowest BCUT2D eigenvalue weighted by Crippen LogP contribution is -2.37. The number of nitrogens with zero attached hydrogens (tertiary/aromatic N) is 1. The smallest absolute Gasteiger partial charge is 0.156 e. The summed E-state index contributed by atoms with van der Waals surface area (Å²) in [4.78, 5) is 6.22. The normalized spacial score (nSPS) is 18.4. The van der Waals surface area contributed by atoms with E-state index in [0.717, 1.165) is 11.1 Å². The van der Waals surface area contributed by atoms with Gasteiger partial charge in [-0.15, -0.1) is 5.06 Å². The van der Waals surface area contributed by atoms with E-state index in [9.17, 15) is 4.39 Å². The Labute approximate surface area is 186 Å². The fraction of sp³-hybridized carbons (Fsp3) is 0.200. The van der Waals surface area contributed by atoms with E-state index in [4.69, 9.17) is 25.9 Å². The molecule has 1 atom stereocenters. The van der Waals surface area contributed by atoms with Crippen LogP contribution in [0.15, 0.2) is 72.8 Å².